The minimum Gasteiger partial charge on any atom is -0.508 e. The smallest absolute Gasteiger partial charge is 0.317 e. The van der Waals surface area contributed by atoms with Crippen LogP contribution < -0.4 is 10.6 Å². The summed E-state index contributed by atoms with van der Waals surface area (Å²) in [7, 11) is 0. The lowest BCUT2D eigenvalue weighted by atomic mass is 9.88. The largest absolute Gasteiger partial charge is 0.508 e. The van der Waals surface area contributed by atoms with E-state index >= 15 is 0 Å². The zero-order chi connectivity index (χ0) is 79.3. The number of carboxylic acids is 3. The molecule has 9 N–H and O–H groups in total. The van der Waals surface area contributed by atoms with Gasteiger partial charge in [0.25, 0.3) is 11.8 Å². The molecule has 0 aliphatic carbocycles. The van der Waals surface area contributed by atoms with Crippen LogP contribution in [-0.2, 0) is 46.4 Å². The fraction of sp³-hybridized carbons (Fsp3) is 0.537. The van der Waals surface area contributed by atoms with E-state index < -0.39 is 35.6 Å². The van der Waals surface area contributed by atoms with Gasteiger partial charge in [-0.2, -0.15) is 0 Å². The van der Waals surface area contributed by atoms with Gasteiger partial charge in [0.15, 0.2) is 11.6 Å². The summed E-state index contributed by atoms with van der Waals surface area (Å²) in [6.07, 6.45) is 6.43. The van der Waals surface area contributed by atoms with Gasteiger partial charge in [-0.1, -0.05) is 64.8 Å². The normalized spacial score (nSPS) is 16.0. The number of carbonyl (C=O) groups is 9. The van der Waals surface area contributed by atoms with Crippen molar-refractivity contribution in [2.24, 2.45) is 17.8 Å². The topological polar surface area (TPSA) is 400 Å². The van der Waals surface area contributed by atoms with Crippen molar-refractivity contribution in [2.45, 2.75) is 143 Å². The van der Waals surface area contributed by atoms with E-state index in [-0.39, 0.29) is 184 Å². The van der Waals surface area contributed by atoms with Crippen molar-refractivity contribution >= 4 is 53.1 Å². The molecule has 3 aliphatic heterocycles. The number of phenols is 4. The van der Waals surface area contributed by atoms with Gasteiger partial charge in [-0.25, -0.2) is 0 Å². The maximum atomic E-state index is 14.8. The molecule has 30 nitrogen and oxygen atoms in total. The van der Waals surface area contributed by atoms with E-state index in [1.54, 1.807) is 54.7 Å². The van der Waals surface area contributed by atoms with Crippen LogP contribution in [0.3, 0.4) is 0 Å². The number of rotatable bonds is 34. The number of hydrogen-bond donors (Lipinski definition) is 9. The molecule has 594 valence electrons. The second kappa shape index (κ2) is 40.0. The van der Waals surface area contributed by atoms with Gasteiger partial charge in [0.05, 0.1) is 37.3 Å². The van der Waals surface area contributed by atoms with Gasteiger partial charge in [-0.3, -0.25) is 71.9 Å². The van der Waals surface area contributed by atoms with Crippen LogP contribution in [0.4, 0.5) is 0 Å². The Hall–Kier alpha value is -10.2. The molecule has 4 aromatic carbocycles. The van der Waals surface area contributed by atoms with Crippen LogP contribution in [0, 0.1) is 17.8 Å². The molecule has 3 aliphatic rings. The standard InChI is InChI=1S/C80H108N14O16/c1-7-81-78(108)76-85-83-74(64-43-62(51(3)4)66(97)45-68(64)99)93(76)58-18-14-53(15-19-58)40-55-24-28-91(29-25-55)70(101)23-22-60(95)42-57(12-10-9-11-13-61(96)47-87-32-34-88(48-71(102)103)36-38-90(50-73(106)107)39-37-89(35-33-87)49-72(104)105)80(110)92-30-26-56(27-31-92)41-54-16-20-59(21-17-54)94-75(84-86-77(94)79(109)82-8-2)65-44-63(52(5)6)67(98)46-69(65)100/h14-21,43-46,51-52,55-57,97-100H,7-13,22-42,47-50H2,1-6H3,(H,81,108)(H,82,109)(H,102,103)(H,104,105)(H,106,107)/t57-/m1/s1. The lowest BCUT2D eigenvalue weighted by molar-refractivity contribution is -0.140. The van der Waals surface area contributed by atoms with Crippen molar-refractivity contribution in [2.75, 3.05) is 118 Å². The van der Waals surface area contributed by atoms with Gasteiger partial charge in [0.2, 0.25) is 23.5 Å². The summed E-state index contributed by atoms with van der Waals surface area (Å²) >= 11 is 0. The van der Waals surface area contributed by atoms with Gasteiger partial charge in [0, 0.05) is 147 Å². The van der Waals surface area contributed by atoms with Gasteiger partial charge in [-0.15, -0.1) is 20.4 Å². The summed E-state index contributed by atoms with van der Waals surface area (Å²) in [5.74, 6) is -5.02. The number of Topliss-reactive ketones (excluding diaryl/α,β-unsaturated/α-hetero) is 2. The Morgan fingerprint density at radius 3 is 1.22 bits per heavy atom. The highest BCUT2D eigenvalue weighted by Gasteiger charge is 2.33. The maximum absolute atomic E-state index is 14.8. The molecule has 9 rings (SSSR count). The Morgan fingerprint density at radius 1 is 0.445 bits per heavy atom. The molecule has 4 amide bonds. The van der Waals surface area contributed by atoms with E-state index in [9.17, 15) is 78.9 Å². The Balaban J connectivity index is 0.817. The molecule has 1 atom stereocenters. The number of unbranched alkanes of at least 4 members (excludes halogenated alkanes) is 2. The van der Waals surface area contributed by atoms with Crippen molar-refractivity contribution in [3.05, 3.63) is 107 Å². The highest BCUT2D eigenvalue weighted by Crippen LogP contribution is 2.41. The number of phenolic OH excluding ortho intramolecular Hbond substituents is 4. The van der Waals surface area contributed by atoms with Crippen LogP contribution >= 0.6 is 0 Å². The molecule has 3 saturated heterocycles. The SMILES string of the molecule is CCNC(=O)c1nnc(-c2cc(C(C)C)c(O)cc2O)n1-c1ccc(CC2CCN(C(=O)CCC(=O)C[C@@H](CCCCCC(=O)CN3CCN(CC(=O)O)CCN(CC(=O)O)CCN(CC(=O)O)CC3)C(=O)N3CCC(Cc4ccc(-n5c(C(=O)NCC)nnc5-c5cc(C(C)C)c(O)cc5O)cc4)CC3)CC2)cc1. The van der Waals surface area contributed by atoms with Crippen molar-refractivity contribution in [3.63, 3.8) is 0 Å². The quantitative estimate of drug-likeness (QED) is 0.0178. The molecule has 0 radical (unpaired) electrons. The summed E-state index contributed by atoms with van der Waals surface area (Å²) in [5, 5.41) is 95.0. The monoisotopic (exact) mass is 1520 g/mol. The van der Waals surface area contributed by atoms with Crippen LogP contribution in [0.25, 0.3) is 34.2 Å². The molecule has 6 aromatic rings. The van der Waals surface area contributed by atoms with Gasteiger partial charge < -0.3 is 56.2 Å². The lowest BCUT2D eigenvalue weighted by Gasteiger charge is -2.34. The van der Waals surface area contributed by atoms with Crippen molar-refractivity contribution in [1.29, 1.82) is 0 Å². The molecule has 110 heavy (non-hydrogen) atoms. The molecule has 0 unspecified atom stereocenters. The van der Waals surface area contributed by atoms with Crippen LogP contribution in [0.15, 0.2) is 72.8 Å². The third-order valence-electron chi connectivity index (χ3n) is 21.1. The lowest BCUT2D eigenvalue weighted by Crippen LogP contribution is -2.49. The van der Waals surface area contributed by atoms with Crippen molar-refractivity contribution in [1.82, 2.24) is 69.6 Å². The Morgan fingerprint density at radius 2 is 0.836 bits per heavy atom. The zero-order valence-corrected chi connectivity index (χ0v) is 64.1. The molecule has 0 saturated carbocycles. The number of aromatic hydroxyl groups is 4. The second-order valence-corrected chi connectivity index (χ2v) is 29.9. The number of nitrogens with zero attached hydrogens (tertiary/aromatic N) is 12. The molecule has 0 spiro atoms. The van der Waals surface area contributed by atoms with E-state index in [1.807, 2.05) is 86.0 Å². The number of aromatic nitrogens is 6. The van der Waals surface area contributed by atoms with Crippen LogP contribution in [0.2, 0.25) is 0 Å². The minimum atomic E-state index is -1.05. The minimum absolute atomic E-state index is 0.00111. The number of ketones is 2. The summed E-state index contributed by atoms with van der Waals surface area (Å²) in [4.78, 5) is 129. The zero-order valence-electron chi connectivity index (χ0n) is 64.1. The van der Waals surface area contributed by atoms with Crippen LogP contribution in [-0.4, -0.2) is 266 Å². The first-order valence-corrected chi connectivity index (χ1v) is 38.6. The van der Waals surface area contributed by atoms with E-state index in [4.69, 9.17) is 0 Å². The van der Waals surface area contributed by atoms with Crippen molar-refractivity contribution < 1.29 is 78.9 Å². The fourth-order valence-electron chi connectivity index (χ4n) is 15.0. The molecular formula is C80H108N14O16. The Kier molecular flexibility index (Phi) is 30.5. The van der Waals surface area contributed by atoms with E-state index in [0.29, 0.717) is 131 Å². The van der Waals surface area contributed by atoms with Gasteiger partial charge in [-0.05, 0) is 148 Å². The molecule has 2 aromatic heterocycles. The number of hydrogen-bond acceptors (Lipinski definition) is 21. The molecular weight excluding hydrogens is 1410 g/mol. The highest BCUT2D eigenvalue weighted by atomic mass is 16.4. The number of likely N-dealkylation sites (tertiary alicyclic amines) is 2. The number of carboxylic acid groups (broad SMARTS) is 3. The number of amides is 4. The molecule has 30 heteroatoms. The molecule has 3 fully saturated rings. The third-order valence-corrected chi connectivity index (χ3v) is 21.1. The van der Waals surface area contributed by atoms with Crippen molar-refractivity contribution in [3.8, 4) is 57.1 Å². The second-order valence-electron chi connectivity index (χ2n) is 29.9. The Labute approximate surface area is 641 Å². The number of piperidine rings is 2. The van der Waals surface area contributed by atoms with Crippen LogP contribution in [0.1, 0.15) is 174 Å². The molecule has 5 heterocycles. The summed E-state index contributed by atoms with van der Waals surface area (Å²) in [6.45, 7) is 15.3. The van der Waals surface area contributed by atoms with Gasteiger partial charge >= 0.3 is 17.9 Å². The van der Waals surface area contributed by atoms with E-state index in [0.717, 1.165) is 30.4 Å². The predicted octanol–water partition coefficient (Wildman–Crippen LogP) is 7.36. The fourth-order valence-corrected chi connectivity index (χ4v) is 15.0. The maximum Gasteiger partial charge on any atom is 0.317 e. The average molecular weight is 1520 g/mol. The van der Waals surface area contributed by atoms with E-state index in [2.05, 4.69) is 31.0 Å². The number of carbonyl (C=O) groups excluding carboxylic acids is 6. The summed E-state index contributed by atoms with van der Waals surface area (Å²) in [6, 6.07) is 21.2. The third kappa shape index (κ3) is 23.2. The number of nitrogens with one attached hydrogen (secondary N) is 2. The first kappa shape index (κ1) is 83.9. The summed E-state index contributed by atoms with van der Waals surface area (Å²) in [5.41, 5.74) is 5.00. The first-order valence-electron chi connectivity index (χ1n) is 38.6. The van der Waals surface area contributed by atoms with Gasteiger partial charge in [0.1, 0.15) is 34.6 Å². The number of aliphatic carboxylic acids is 3. The first-order chi connectivity index (χ1) is 52.7. The number of benzene rings is 4. The van der Waals surface area contributed by atoms with Crippen LogP contribution in [0.5, 0.6) is 23.0 Å². The molecule has 0 bridgehead atoms. The highest BCUT2D eigenvalue weighted by molar-refractivity contribution is 5.93. The predicted molar refractivity (Wildman–Crippen MR) is 410 cm³/mol. The summed E-state index contributed by atoms with van der Waals surface area (Å²) < 4.78 is 3.17. The Bertz CT molecular complexity index is 4150. The average Bonchev–Trinajstić information content (AvgIpc) is 1.57. The van der Waals surface area contributed by atoms with E-state index in [1.165, 1.54) is 12.1 Å².